The molecule has 0 aromatic carbocycles. The highest BCUT2D eigenvalue weighted by Crippen LogP contribution is 2.31. The Hall–Kier alpha value is -0.200. The van der Waals surface area contributed by atoms with Gasteiger partial charge in [-0.2, -0.15) is 0 Å². The van der Waals surface area contributed by atoms with Crippen molar-refractivity contribution in [3.05, 3.63) is 0 Å². The first-order chi connectivity index (χ1) is 16.0. The lowest BCUT2D eigenvalue weighted by Crippen LogP contribution is -2.52. The molecule has 0 aromatic rings. The normalized spacial score (nSPS) is 33.6. The summed E-state index contributed by atoms with van der Waals surface area (Å²) in [6, 6.07) is 4.40. The fraction of sp³-hybridized carbons (Fsp3) is 1.00. The van der Waals surface area contributed by atoms with Crippen LogP contribution in [0.4, 0.5) is 0 Å². The molecule has 4 rings (SSSR count). The van der Waals surface area contributed by atoms with Gasteiger partial charge in [0.15, 0.2) is 0 Å². The van der Waals surface area contributed by atoms with Crippen LogP contribution in [0, 0.1) is 5.92 Å². The minimum atomic E-state index is 0.619. The molecule has 5 heteroatoms. The van der Waals surface area contributed by atoms with Gasteiger partial charge in [-0.05, 0) is 97.1 Å². The summed E-state index contributed by atoms with van der Waals surface area (Å²) in [6.07, 6.45) is 15.2. The Bertz CT molecular complexity index is 540. The standard InChI is InChI=1S/C28H55N5/c1-22(2)29-25-7-11-27(12-8-25)31(4)16-15-23(3)30-26-9-13-28(14-10-26)33-19-17-32(18-20-33)21-24-5-6-24/h22-30H,5-21H2,1-4H3. The number of nitrogens with one attached hydrogen (secondary N) is 2. The first-order valence-electron chi connectivity index (χ1n) is 14.6. The molecular weight excluding hydrogens is 406 g/mol. The quantitative estimate of drug-likeness (QED) is 0.487. The number of hydrogen-bond acceptors (Lipinski definition) is 5. The Morgan fingerprint density at radius 1 is 0.758 bits per heavy atom. The molecule has 1 unspecified atom stereocenters. The van der Waals surface area contributed by atoms with E-state index in [0.717, 1.165) is 30.1 Å². The van der Waals surface area contributed by atoms with Gasteiger partial charge in [0.2, 0.25) is 0 Å². The summed E-state index contributed by atoms with van der Waals surface area (Å²) >= 11 is 0. The van der Waals surface area contributed by atoms with Crippen LogP contribution in [0.1, 0.15) is 91.4 Å². The number of piperazine rings is 1. The zero-order valence-corrected chi connectivity index (χ0v) is 22.4. The van der Waals surface area contributed by atoms with Crippen LogP contribution in [0.5, 0.6) is 0 Å². The molecule has 1 saturated heterocycles. The SMILES string of the molecule is CC(C)NC1CCC(N(C)CCC(C)NC2CCC(N3CCN(CC4CC4)CC3)CC2)CC1. The van der Waals surface area contributed by atoms with E-state index in [1.165, 1.54) is 110 Å². The molecule has 0 bridgehead atoms. The molecular formula is C28H55N5. The molecule has 3 saturated carbocycles. The molecule has 1 aliphatic heterocycles. The molecule has 0 aromatic heterocycles. The lowest BCUT2D eigenvalue weighted by atomic mass is 9.89. The monoisotopic (exact) mass is 461 g/mol. The van der Waals surface area contributed by atoms with E-state index in [-0.39, 0.29) is 0 Å². The second kappa shape index (κ2) is 12.7. The lowest BCUT2D eigenvalue weighted by Gasteiger charge is -2.42. The predicted octanol–water partition coefficient (Wildman–Crippen LogP) is 3.93. The summed E-state index contributed by atoms with van der Waals surface area (Å²) in [7, 11) is 2.36. The van der Waals surface area contributed by atoms with Gasteiger partial charge in [-0.15, -0.1) is 0 Å². The van der Waals surface area contributed by atoms with Crippen molar-refractivity contribution < 1.29 is 0 Å². The Kier molecular flexibility index (Phi) is 9.93. The van der Waals surface area contributed by atoms with Gasteiger partial charge >= 0.3 is 0 Å². The van der Waals surface area contributed by atoms with Gasteiger partial charge in [-0.3, -0.25) is 4.90 Å². The van der Waals surface area contributed by atoms with Gasteiger partial charge in [0.25, 0.3) is 0 Å². The van der Waals surface area contributed by atoms with Crippen LogP contribution in [-0.2, 0) is 0 Å². The molecule has 0 amide bonds. The van der Waals surface area contributed by atoms with Crippen molar-refractivity contribution in [2.45, 2.75) is 128 Å². The van der Waals surface area contributed by atoms with Crippen LogP contribution in [0.25, 0.3) is 0 Å². The summed E-state index contributed by atoms with van der Waals surface area (Å²) < 4.78 is 0. The van der Waals surface area contributed by atoms with Gasteiger partial charge in [0, 0.05) is 69.0 Å². The highest BCUT2D eigenvalue weighted by Gasteiger charge is 2.31. The molecule has 0 radical (unpaired) electrons. The molecule has 33 heavy (non-hydrogen) atoms. The summed E-state index contributed by atoms with van der Waals surface area (Å²) in [4.78, 5) is 8.21. The summed E-state index contributed by atoms with van der Waals surface area (Å²) in [5.74, 6) is 1.04. The minimum Gasteiger partial charge on any atom is -0.312 e. The second-order valence-corrected chi connectivity index (χ2v) is 12.4. The predicted molar refractivity (Wildman–Crippen MR) is 141 cm³/mol. The Morgan fingerprint density at radius 2 is 1.36 bits per heavy atom. The average molecular weight is 462 g/mol. The van der Waals surface area contributed by atoms with Crippen molar-refractivity contribution in [3.63, 3.8) is 0 Å². The molecule has 5 nitrogen and oxygen atoms in total. The van der Waals surface area contributed by atoms with E-state index < -0.39 is 0 Å². The van der Waals surface area contributed by atoms with Crippen molar-refractivity contribution >= 4 is 0 Å². The Labute approximate surface area is 205 Å². The average Bonchev–Trinajstić information content (AvgIpc) is 3.63. The maximum atomic E-state index is 4.00. The van der Waals surface area contributed by atoms with Crippen molar-refractivity contribution in [2.24, 2.45) is 5.92 Å². The van der Waals surface area contributed by atoms with Crippen molar-refractivity contribution in [1.29, 1.82) is 0 Å². The van der Waals surface area contributed by atoms with Crippen LogP contribution in [0.15, 0.2) is 0 Å². The van der Waals surface area contributed by atoms with Gasteiger partial charge in [0.05, 0.1) is 0 Å². The number of hydrogen-bond donors (Lipinski definition) is 2. The van der Waals surface area contributed by atoms with E-state index in [9.17, 15) is 0 Å². The van der Waals surface area contributed by atoms with E-state index in [4.69, 9.17) is 0 Å². The number of nitrogens with zero attached hydrogens (tertiary/aromatic N) is 3. The van der Waals surface area contributed by atoms with Gasteiger partial charge < -0.3 is 20.4 Å². The summed E-state index contributed by atoms with van der Waals surface area (Å²) in [5.41, 5.74) is 0. The smallest absolute Gasteiger partial charge is 0.0113 e. The largest absolute Gasteiger partial charge is 0.312 e. The molecule has 192 valence electrons. The van der Waals surface area contributed by atoms with Gasteiger partial charge in [0.1, 0.15) is 0 Å². The molecule has 2 N–H and O–H groups in total. The lowest BCUT2D eigenvalue weighted by molar-refractivity contribution is 0.0710. The van der Waals surface area contributed by atoms with Crippen LogP contribution < -0.4 is 10.6 Å². The Balaban J connectivity index is 1.06. The molecule has 4 fully saturated rings. The van der Waals surface area contributed by atoms with Crippen LogP contribution in [0.3, 0.4) is 0 Å². The van der Waals surface area contributed by atoms with Crippen LogP contribution >= 0.6 is 0 Å². The topological polar surface area (TPSA) is 33.8 Å². The highest BCUT2D eigenvalue weighted by atomic mass is 15.3. The van der Waals surface area contributed by atoms with E-state index in [1.54, 1.807) is 0 Å². The van der Waals surface area contributed by atoms with E-state index in [0.29, 0.717) is 12.1 Å². The highest BCUT2D eigenvalue weighted by molar-refractivity contribution is 4.88. The third-order valence-corrected chi connectivity index (χ3v) is 9.16. The zero-order valence-electron chi connectivity index (χ0n) is 22.4. The molecule has 1 heterocycles. The fourth-order valence-corrected chi connectivity index (χ4v) is 6.80. The molecule has 0 spiro atoms. The summed E-state index contributed by atoms with van der Waals surface area (Å²) in [6.45, 7) is 14.8. The first-order valence-corrected chi connectivity index (χ1v) is 14.6. The van der Waals surface area contributed by atoms with Crippen molar-refractivity contribution in [3.8, 4) is 0 Å². The third kappa shape index (κ3) is 8.45. The van der Waals surface area contributed by atoms with E-state index >= 15 is 0 Å². The number of rotatable bonds is 11. The molecule has 3 aliphatic carbocycles. The zero-order chi connectivity index (χ0) is 23.2. The van der Waals surface area contributed by atoms with Crippen molar-refractivity contribution in [2.75, 3.05) is 46.3 Å². The Morgan fingerprint density at radius 3 is 1.97 bits per heavy atom. The third-order valence-electron chi connectivity index (χ3n) is 9.16. The van der Waals surface area contributed by atoms with Crippen LogP contribution in [-0.4, -0.2) is 97.3 Å². The van der Waals surface area contributed by atoms with Gasteiger partial charge in [-0.25, -0.2) is 0 Å². The van der Waals surface area contributed by atoms with E-state index in [1.807, 2.05) is 0 Å². The van der Waals surface area contributed by atoms with Crippen LogP contribution in [0.2, 0.25) is 0 Å². The maximum absolute atomic E-state index is 4.00. The van der Waals surface area contributed by atoms with Gasteiger partial charge in [-0.1, -0.05) is 13.8 Å². The van der Waals surface area contributed by atoms with E-state index in [2.05, 4.69) is 53.2 Å². The van der Waals surface area contributed by atoms with Crippen molar-refractivity contribution in [1.82, 2.24) is 25.3 Å². The second-order valence-electron chi connectivity index (χ2n) is 12.4. The minimum absolute atomic E-state index is 0.619. The molecule has 4 aliphatic rings. The summed E-state index contributed by atoms with van der Waals surface area (Å²) in [5, 5.41) is 7.74. The fourth-order valence-electron chi connectivity index (χ4n) is 6.80. The molecule has 1 atom stereocenters. The first kappa shape index (κ1) is 25.9. The maximum Gasteiger partial charge on any atom is 0.0113 e.